The molecule has 0 bridgehead atoms. The zero-order chi connectivity index (χ0) is 14.8. The van der Waals surface area contributed by atoms with Crippen molar-refractivity contribution in [1.29, 1.82) is 0 Å². The standard InChI is InChI=1S/C15H20ClNO3/c1-15(14(18)19)8-3-4-9-17(15)10-11-12(16)6-5-7-13(11)20-2/h5-7H,3-4,8-10H2,1-2H3,(H,18,19). The summed E-state index contributed by atoms with van der Waals surface area (Å²) < 4.78 is 5.34. The Labute approximate surface area is 124 Å². The van der Waals surface area contributed by atoms with Gasteiger partial charge in [0, 0.05) is 17.1 Å². The van der Waals surface area contributed by atoms with E-state index in [1.807, 2.05) is 23.1 Å². The Kier molecular flexibility index (Phi) is 4.55. The van der Waals surface area contributed by atoms with E-state index in [1.165, 1.54) is 0 Å². The molecule has 4 nitrogen and oxygen atoms in total. The highest BCUT2D eigenvalue weighted by molar-refractivity contribution is 6.31. The summed E-state index contributed by atoms with van der Waals surface area (Å²) in [6.07, 6.45) is 2.61. The molecule has 1 aliphatic heterocycles. The molecule has 2 rings (SSSR count). The molecule has 0 aliphatic carbocycles. The number of carboxylic acid groups (broad SMARTS) is 1. The van der Waals surface area contributed by atoms with Crippen LogP contribution in [-0.2, 0) is 11.3 Å². The molecule has 1 N–H and O–H groups in total. The number of rotatable bonds is 4. The minimum absolute atomic E-state index is 0.492. The molecule has 0 spiro atoms. The molecule has 0 saturated carbocycles. The van der Waals surface area contributed by atoms with Crippen LogP contribution in [-0.4, -0.2) is 35.2 Å². The van der Waals surface area contributed by atoms with Crippen molar-refractivity contribution in [1.82, 2.24) is 4.90 Å². The Bertz CT molecular complexity index is 506. The van der Waals surface area contributed by atoms with Gasteiger partial charge in [0.05, 0.1) is 7.11 Å². The lowest BCUT2D eigenvalue weighted by Gasteiger charge is -2.41. The molecule has 1 aromatic rings. The molecule has 1 unspecified atom stereocenters. The van der Waals surface area contributed by atoms with Gasteiger partial charge in [0.15, 0.2) is 0 Å². The predicted octanol–water partition coefficient (Wildman–Crippen LogP) is 3.18. The van der Waals surface area contributed by atoms with E-state index in [9.17, 15) is 9.90 Å². The second-order valence-electron chi connectivity index (χ2n) is 5.38. The van der Waals surface area contributed by atoms with Gasteiger partial charge in [-0.15, -0.1) is 0 Å². The summed E-state index contributed by atoms with van der Waals surface area (Å²) in [4.78, 5) is 13.6. The molecule has 1 fully saturated rings. The van der Waals surface area contributed by atoms with Crippen LogP contribution in [0.15, 0.2) is 18.2 Å². The van der Waals surface area contributed by atoms with E-state index < -0.39 is 11.5 Å². The van der Waals surface area contributed by atoms with E-state index in [-0.39, 0.29) is 0 Å². The van der Waals surface area contributed by atoms with Gasteiger partial charge >= 0.3 is 5.97 Å². The summed E-state index contributed by atoms with van der Waals surface area (Å²) >= 11 is 6.25. The SMILES string of the molecule is COc1cccc(Cl)c1CN1CCCCC1(C)C(=O)O. The maximum Gasteiger partial charge on any atom is 0.323 e. The topological polar surface area (TPSA) is 49.8 Å². The molecule has 1 heterocycles. The molecular formula is C15H20ClNO3. The number of carboxylic acids is 1. The number of aliphatic carboxylic acids is 1. The van der Waals surface area contributed by atoms with Crippen molar-refractivity contribution in [2.24, 2.45) is 0 Å². The maximum absolute atomic E-state index is 11.6. The van der Waals surface area contributed by atoms with E-state index in [2.05, 4.69) is 0 Å². The summed E-state index contributed by atoms with van der Waals surface area (Å²) in [5.74, 6) is -0.0703. The van der Waals surface area contributed by atoms with Gasteiger partial charge in [-0.1, -0.05) is 17.7 Å². The molecule has 0 amide bonds. The number of carbonyl (C=O) groups is 1. The lowest BCUT2D eigenvalue weighted by molar-refractivity contribution is -0.153. The van der Waals surface area contributed by atoms with Crippen LogP contribution >= 0.6 is 11.6 Å². The lowest BCUT2D eigenvalue weighted by Crippen LogP contribution is -2.54. The smallest absolute Gasteiger partial charge is 0.323 e. The first-order valence-corrected chi connectivity index (χ1v) is 7.16. The lowest BCUT2D eigenvalue weighted by atomic mass is 9.88. The Hall–Kier alpha value is -1.26. The van der Waals surface area contributed by atoms with Crippen molar-refractivity contribution in [2.75, 3.05) is 13.7 Å². The second-order valence-corrected chi connectivity index (χ2v) is 5.79. The van der Waals surface area contributed by atoms with Crippen LogP contribution in [0.25, 0.3) is 0 Å². The number of ether oxygens (including phenoxy) is 1. The number of likely N-dealkylation sites (tertiary alicyclic amines) is 1. The Morgan fingerprint density at radius 1 is 1.50 bits per heavy atom. The molecule has 1 atom stereocenters. The predicted molar refractivity (Wildman–Crippen MR) is 78.3 cm³/mol. The van der Waals surface area contributed by atoms with Gasteiger partial charge in [0.2, 0.25) is 0 Å². The average molecular weight is 298 g/mol. The molecule has 1 aromatic carbocycles. The Balaban J connectivity index is 2.30. The van der Waals surface area contributed by atoms with Crippen molar-refractivity contribution < 1.29 is 14.6 Å². The van der Waals surface area contributed by atoms with Gasteiger partial charge < -0.3 is 9.84 Å². The van der Waals surface area contributed by atoms with Gasteiger partial charge in [-0.2, -0.15) is 0 Å². The van der Waals surface area contributed by atoms with E-state index in [0.29, 0.717) is 23.7 Å². The van der Waals surface area contributed by atoms with Crippen LogP contribution in [0.2, 0.25) is 5.02 Å². The summed E-state index contributed by atoms with van der Waals surface area (Å²) in [6, 6.07) is 5.49. The minimum atomic E-state index is -0.831. The van der Waals surface area contributed by atoms with E-state index in [4.69, 9.17) is 16.3 Å². The summed E-state index contributed by atoms with van der Waals surface area (Å²) in [7, 11) is 1.60. The van der Waals surface area contributed by atoms with E-state index in [0.717, 1.165) is 24.9 Å². The Morgan fingerprint density at radius 3 is 2.90 bits per heavy atom. The molecule has 1 saturated heterocycles. The van der Waals surface area contributed by atoms with Crippen molar-refractivity contribution >= 4 is 17.6 Å². The van der Waals surface area contributed by atoms with Crippen molar-refractivity contribution in [3.63, 3.8) is 0 Å². The van der Waals surface area contributed by atoms with Gasteiger partial charge in [-0.3, -0.25) is 9.69 Å². The average Bonchev–Trinajstić information content (AvgIpc) is 2.43. The van der Waals surface area contributed by atoms with Crippen LogP contribution in [0.4, 0.5) is 0 Å². The number of methoxy groups -OCH3 is 1. The van der Waals surface area contributed by atoms with Crippen LogP contribution < -0.4 is 4.74 Å². The number of hydrogen-bond donors (Lipinski definition) is 1. The number of benzene rings is 1. The van der Waals surface area contributed by atoms with E-state index >= 15 is 0 Å². The zero-order valence-electron chi connectivity index (χ0n) is 11.9. The first kappa shape index (κ1) is 15.1. The number of hydrogen-bond acceptors (Lipinski definition) is 3. The fraction of sp³-hybridized carbons (Fsp3) is 0.533. The van der Waals surface area contributed by atoms with Crippen molar-refractivity contribution in [3.05, 3.63) is 28.8 Å². The summed E-state index contributed by atoms with van der Waals surface area (Å²) in [5.41, 5.74) is 0.0219. The number of halogens is 1. The van der Waals surface area contributed by atoms with Crippen molar-refractivity contribution in [3.8, 4) is 5.75 Å². The fourth-order valence-electron chi connectivity index (χ4n) is 2.75. The molecule has 5 heteroatoms. The second kappa shape index (κ2) is 6.02. The monoisotopic (exact) mass is 297 g/mol. The van der Waals surface area contributed by atoms with Gasteiger partial charge in [0.1, 0.15) is 11.3 Å². The first-order chi connectivity index (χ1) is 9.49. The third kappa shape index (κ3) is 2.76. The molecule has 1 aliphatic rings. The Morgan fingerprint density at radius 2 is 2.25 bits per heavy atom. The third-order valence-corrected chi connectivity index (χ3v) is 4.50. The summed E-state index contributed by atoms with van der Waals surface area (Å²) in [5, 5.41) is 10.1. The van der Waals surface area contributed by atoms with Gasteiger partial charge in [-0.25, -0.2) is 0 Å². The molecular weight excluding hydrogens is 278 g/mol. The number of piperidine rings is 1. The molecule has 0 aromatic heterocycles. The largest absolute Gasteiger partial charge is 0.496 e. The highest BCUT2D eigenvalue weighted by atomic mass is 35.5. The molecule has 20 heavy (non-hydrogen) atoms. The minimum Gasteiger partial charge on any atom is -0.496 e. The normalized spacial score (nSPS) is 23.6. The highest BCUT2D eigenvalue weighted by Crippen LogP contribution is 2.34. The van der Waals surface area contributed by atoms with Crippen LogP contribution in [0, 0.1) is 0 Å². The first-order valence-electron chi connectivity index (χ1n) is 6.79. The molecule has 110 valence electrons. The van der Waals surface area contributed by atoms with E-state index in [1.54, 1.807) is 14.0 Å². The quantitative estimate of drug-likeness (QED) is 0.927. The molecule has 0 radical (unpaired) electrons. The van der Waals surface area contributed by atoms with Crippen LogP contribution in [0.3, 0.4) is 0 Å². The highest BCUT2D eigenvalue weighted by Gasteiger charge is 2.41. The van der Waals surface area contributed by atoms with Gasteiger partial charge in [0.25, 0.3) is 0 Å². The zero-order valence-corrected chi connectivity index (χ0v) is 12.6. The summed E-state index contributed by atoms with van der Waals surface area (Å²) in [6.45, 7) is 3.04. The maximum atomic E-state index is 11.6. The fourth-order valence-corrected chi connectivity index (χ4v) is 2.97. The van der Waals surface area contributed by atoms with Crippen LogP contribution in [0.1, 0.15) is 31.7 Å². The van der Waals surface area contributed by atoms with Gasteiger partial charge in [-0.05, 0) is 44.9 Å². The third-order valence-electron chi connectivity index (χ3n) is 4.15. The van der Waals surface area contributed by atoms with Crippen molar-refractivity contribution in [2.45, 2.75) is 38.3 Å². The van der Waals surface area contributed by atoms with Crippen LogP contribution in [0.5, 0.6) is 5.75 Å². The number of nitrogens with zero attached hydrogens (tertiary/aromatic N) is 1.